The molecule has 3 N–H and O–H groups in total. The molecule has 7 nitrogen and oxygen atoms in total. The zero-order chi connectivity index (χ0) is 15.4. The maximum Gasteiger partial charge on any atom is 0.258 e. The number of rotatable bonds is 3. The zero-order valence-corrected chi connectivity index (χ0v) is 11.4. The number of amides is 3. The van der Waals surface area contributed by atoms with Crippen LogP contribution in [0.4, 0.5) is 5.69 Å². The number of carbonyl (C=O) groups excluding carboxylic acids is 4. The Morgan fingerprint density at radius 3 is 2.62 bits per heavy atom. The van der Waals surface area contributed by atoms with Gasteiger partial charge in [-0.15, -0.1) is 0 Å². The third kappa shape index (κ3) is 3.07. The van der Waals surface area contributed by atoms with Crippen molar-refractivity contribution in [2.24, 2.45) is 5.92 Å². The van der Waals surface area contributed by atoms with Crippen LogP contribution in [0.1, 0.15) is 30.1 Å². The first-order valence-corrected chi connectivity index (χ1v) is 6.57. The lowest BCUT2D eigenvalue weighted by atomic mass is 9.91. The molecular formula is C14H15N3O4. The molecule has 0 aliphatic carbocycles. The van der Waals surface area contributed by atoms with Gasteiger partial charge in [-0.1, -0.05) is 19.1 Å². The quantitative estimate of drug-likeness (QED) is 0.553. The van der Waals surface area contributed by atoms with Gasteiger partial charge in [0.05, 0.1) is 5.69 Å². The largest absolute Gasteiger partial charge is 0.324 e. The minimum Gasteiger partial charge on any atom is -0.324 e. The number of para-hydroxylation sites is 1. The Labute approximate surface area is 121 Å². The fraction of sp³-hybridized carbons (Fsp3) is 0.286. The van der Waals surface area contributed by atoms with E-state index in [1.165, 1.54) is 6.07 Å². The topological polar surface area (TPSA) is 104 Å². The summed E-state index contributed by atoms with van der Waals surface area (Å²) in [6, 6.07) is 6.44. The van der Waals surface area contributed by atoms with Crippen LogP contribution in [0.15, 0.2) is 24.3 Å². The van der Waals surface area contributed by atoms with E-state index >= 15 is 0 Å². The van der Waals surface area contributed by atoms with Gasteiger partial charge in [0.1, 0.15) is 0 Å². The number of anilines is 1. The molecule has 0 radical (unpaired) electrons. The van der Waals surface area contributed by atoms with Crippen LogP contribution in [0.3, 0.4) is 0 Å². The van der Waals surface area contributed by atoms with Gasteiger partial charge in [-0.2, -0.15) is 0 Å². The SMILES string of the molecule is CCCC(=O)NNC(=O)C1C(=O)Nc2ccccc2C1=O. The number of hydrogen-bond acceptors (Lipinski definition) is 4. The molecular weight excluding hydrogens is 274 g/mol. The number of benzene rings is 1. The van der Waals surface area contributed by atoms with Gasteiger partial charge in [0.15, 0.2) is 11.7 Å². The van der Waals surface area contributed by atoms with Crippen molar-refractivity contribution in [2.45, 2.75) is 19.8 Å². The molecule has 0 fully saturated rings. The van der Waals surface area contributed by atoms with Gasteiger partial charge in [-0.25, -0.2) is 0 Å². The van der Waals surface area contributed by atoms with Crippen molar-refractivity contribution < 1.29 is 19.2 Å². The van der Waals surface area contributed by atoms with Crippen molar-refractivity contribution in [3.63, 3.8) is 0 Å². The summed E-state index contributed by atoms with van der Waals surface area (Å²) in [6.07, 6.45) is 0.867. The third-order valence-corrected chi connectivity index (χ3v) is 3.04. The van der Waals surface area contributed by atoms with Crippen molar-refractivity contribution in [1.29, 1.82) is 0 Å². The average molecular weight is 289 g/mol. The van der Waals surface area contributed by atoms with Crippen molar-refractivity contribution in [3.8, 4) is 0 Å². The summed E-state index contributed by atoms with van der Waals surface area (Å²) in [6.45, 7) is 1.82. The highest BCUT2D eigenvalue weighted by Gasteiger charge is 2.39. The van der Waals surface area contributed by atoms with Gasteiger partial charge < -0.3 is 5.32 Å². The molecule has 0 bridgehead atoms. The molecule has 1 aromatic carbocycles. The van der Waals surface area contributed by atoms with Crippen molar-refractivity contribution in [3.05, 3.63) is 29.8 Å². The molecule has 3 amide bonds. The first-order chi connectivity index (χ1) is 10.0. The fourth-order valence-electron chi connectivity index (χ4n) is 2.02. The Hall–Kier alpha value is -2.70. The van der Waals surface area contributed by atoms with Gasteiger partial charge >= 0.3 is 0 Å². The second-order valence-electron chi connectivity index (χ2n) is 4.62. The predicted molar refractivity (Wildman–Crippen MR) is 74.1 cm³/mol. The smallest absolute Gasteiger partial charge is 0.258 e. The summed E-state index contributed by atoms with van der Waals surface area (Å²) in [5.74, 6) is -4.02. The van der Waals surface area contributed by atoms with Crippen LogP contribution in [0.5, 0.6) is 0 Å². The number of ketones is 1. The summed E-state index contributed by atoms with van der Waals surface area (Å²) >= 11 is 0. The normalized spacial score (nSPS) is 16.7. The Morgan fingerprint density at radius 2 is 1.90 bits per heavy atom. The Balaban J connectivity index is 2.10. The highest BCUT2D eigenvalue weighted by molar-refractivity contribution is 6.30. The van der Waals surface area contributed by atoms with Gasteiger partial charge in [0.2, 0.25) is 11.8 Å². The number of hydrogen-bond donors (Lipinski definition) is 3. The van der Waals surface area contributed by atoms with Crippen LogP contribution in [0.2, 0.25) is 0 Å². The summed E-state index contributed by atoms with van der Waals surface area (Å²) in [7, 11) is 0. The fourth-order valence-corrected chi connectivity index (χ4v) is 2.02. The molecule has 0 aromatic heterocycles. The average Bonchev–Trinajstić information content (AvgIpc) is 2.45. The summed E-state index contributed by atoms with van der Waals surface area (Å²) in [4.78, 5) is 47.3. The maximum atomic E-state index is 12.2. The second-order valence-corrected chi connectivity index (χ2v) is 4.62. The van der Waals surface area contributed by atoms with E-state index in [1.54, 1.807) is 18.2 Å². The van der Waals surface area contributed by atoms with E-state index in [0.717, 1.165) is 0 Å². The Bertz CT molecular complexity index is 612. The molecule has 1 unspecified atom stereocenters. The van der Waals surface area contributed by atoms with Gasteiger partial charge in [-0.05, 0) is 18.6 Å². The van der Waals surface area contributed by atoms with Crippen LogP contribution in [-0.4, -0.2) is 23.5 Å². The van der Waals surface area contributed by atoms with E-state index in [1.807, 2.05) is 6.92 Å². The maximum absolute atomic E-state index is 12.2. The van der Waals surface area contributed by atoms with E-state index in [9.17, 15) is 19.2 Å². The number of nitrogens with one attached hydrogen (secondary N) is 3. The monoisotopic (exact) mass is 289 g/mol. The standard InChI is InChI=1S/C14H15N3O4/c1-2-5-10(18)16-17-14(21)11-12(19)8-6-3-4-7-9(8)15-13(11)20/h3-4,6-7,11H,2,5H2,1H3,(H,15,20)(H,16,18)(H,17,21). The molecule has 1 aliphatic heterocycles. The molecule has 0 spiro atoms. The van der Waals surface area contributed by atoms with Crippen LogP contribution in [0.25, 0.3) is 0 Å². The van der Waals surface area contributed by atoms with Gasteiger partial charge in [0.25, 0.3) is 5.91 Å². The highest BCUT2D eigenvalue weighted by Crippen LogP contribution is 2.25. The molecule has 1 heterocycles. The number of carbonyl (C=O) groups is 4. The lowest BCUT2D eigenvalue weighted by Gasteiger charge is -2.22. The number of fused-ring (bicyclic) bond motifs is 1. The first-order valence-electron chi connectivity index (χ1n) is 6.57. The van der Waals surface area contributed by atoms with Crippen LogP contribution in [0, 0.1) is 5.92 Å². The first kappa shape index (κ1) is 14.7. The zero-order valence-electron chi connectivity index (χ0n) is 11.4. The van der Waals surface area contributed by atoms with Crippen molar-refractivity contribution >= 4 is 29.2 Å². The molecule has 21 heavy (non-hydrogen) atoms. The third-order valence-electron chi connectivity index (χ3n) is 3.04. The van der Waals surface area contributed by atoms with Gasteiger partial charge in [0, 0.05) is 12.0 Å². The number of hydrazine groups is 1. The summed E-state index contributed by atoms with van der Waals surface area (Å²) in [5, 5.41) is 2.50. The molecule has 0 saturated heterocycles. The molecule has 110 valence electrons. The van der Waals surface area contributed by atoms with E-state index in [4.69, 9.17) is 0 Å². The highest BCUT2D eigenvalue weighted by atomic mass is 16.2. The van der Waals surface area contributed by atoms with Gasteiger partial charge in [-0.3, -0.25) is 30.0 Å². The molecule has 1 aromatic rings. The van der Waals surface area contributed by atoms with Crippen LogP contribution in [-0.2, 0) is 14.4 Å². The molecule has 1 aliphatic rings. The Morgan fingerprint density at radius 1 is 1.19 bits per heavy atom. The second kappa shape index (κ2) is 6.17. The van der Waals surface area contributed by atoms with Crippen molar-refractivity contribution in [1.82, 2.24) is 10.9 Å². The minimum atomic E-state index is -1.50. The van der Waals surface area contributed by atoms with Crippen LogP contribution < -0.4 is 16.2 Å². The predicted octanol–water partition coefficient (Wildman–Crippen LogP) is 0.385. The summed E-state index contributed by atoms with van der Waals surface area (Å²) in [5.41, 5.74) is 4.94. The molecule has 7 heteroatoms. The van der Waals surface area contributed by atoms with E-state index in [0.29, 0.717) is 12.1 Å². The molecule has 0 saturated carbocycles. The number of Topliss-reactive ketones (excluding diaryl/α,β-unsaturated/α-hetero) is 1. The minimum absolute atomic E-state index is 0.244. The van der Waals surface area contributed by atoms with Crippen LogP contribution >= 0.6 is 0 Å². The van der Waals surface area contributed by atoms with E-state index in [-0.39, 0.29) is 17.9 Å². The van der Waals surface area contributed by atoms with Crippen molar-refractivity contribution in [2.75, 3.05) is 5.32 Å². The molecule has 2 rings (SSSR count). The lowest BCUT2D eigenvalue weighted by molar-refractivity contribution is -0.134. The van der Waals surface area contributed by atoms with E-state index < -0.39 is 23.5 Å². The molecule has 1 atom stereocenters. The lowest BCUT2D eigenvalue weighted by Crippen LogP contribution is -2.51. The summed E-state index contributed by atoms with van der Waals surface area (Å²) < 4.78 is 0. The Kier molecular flexibility index (Phi) is 4.32. The van der Waals surface area contributed by atoms with E-state index in [2.05, 4.69) is 16.2 Å².